The molecule has 0 aliphatic carbocycles. The molecule has 0 radical (unpaired) electrons. The lowest BCUT2D eigenvalue weighted by Gasteiger charge is -2.42. The lowest BCUT2D eigenvalue weighted by Crippen LogP contribution is -2.61. The second-order valence-corrected chi connectivity index (χ2v) is 5.29. The molecule has 19 heavy (non-hydrogen) atoms. The van der Waals surface area contributed by atoms with E-state index in [1.165, 1.54) is 26.2 Å². The molecule has 1 aromatic carbocycles. The first kappa shape index (κ1) is 12.7. The van der Waals surface area contributed by atoms with Gasteiger partial charge < -0.3 is 5.32 Å². The smallest absolute Gasteiger partial charge is 0.0606 e. The maximum atomic E-state index is 3.34. The predicted octanol–water partition coefficient (Wildman–Crippen LogP) is 0.627. The van der Waals surface area contributed by atoms with Crippen LogP contribution in [0.1, 0.15) is 5.56 Å². The molecule has 0 atom stereocenters. The zero-order chi connectivity index (χ0) is 12.9. The minimum Gasteiger partial charge on any atom is -0.314 e. The average molecular weight is 255 g/mol. The minimum absolute atomic E-state index is 0.789. The van der Waals surface area contributed by atoms with Gasteiger partial charge in [0.05, 0.1) is 6.54 Å². The highest BCUT2D eigenvalue weighted by atomic mass is 15.3. The van der Waals surface area contributed by atoms with Crippen LogP contribution in [0, 0.1) is 11.8 Å². The molecule has 0 bridgehead atoms. The van der Waals surface area contributed by atoms with Gasteiger partial charge in [0.25, 0.3) is 0 Å². The van der Waals surface area contributed by atoms with Crippen LogP contribution in [0.15, 0.2) is 30.3 Å². The first-order chi connectivity index (χ1) is 9.42. The van der Waals surface area contributed by atoms with E-state index in [9.17, 15) is 0 Å². The highest BCUT2D eigenvalue weighted by Gasteiger charge is 2.27. The van der Waals surface area contributed by atoms with Crippen LogP contribution >= 0.6 is 0 Å². The first-order valence-electron chi connectivity index (χ1n) is 7.13. The topological polar surface area (TPSA) is 18.5 Å². The van der Waals surface area contributed by atoms with Crippen molar-refractivity contribution in [3.8, 4) is 11.8 Å². The Balaban J connectivity index is 1.44. The van der Waals surface area contributed by atoms with Crippen LogP contribution in [-0.4, -0.2) is 61.7 Å². The van der Waals surface area contributed by atoms with Crippen LogP contribution in [0.5, 0.6) is 0 Å². The van der Waals surface area contributed by atoms with E-state index in [1.54, 1.807) is 0 Å². The largest absolute Gasteiger partial charge is 0.314 e. The SMILES string of the molecule is C(#Cc1ccccc1)CN1CCN(C2CNC2)CC1. The van der Waals surface area contributed by atoms with Crippen molar-refractivity contribution < 1.29 is 0 Å². The van der Waals surface area contributed by atoms with Crippen molar-refractivity contribution in [1.29, 1.82) is 0 Å². The number of nitrogens with one attached hydrogen (secondary N) is 1. The fraction of sp³-hybridized carbons (Fsp3) is 0.500. The van der Waals surface area contributed by atoms with E-state index in [-0.39, 0.29) is 0 Å². The van der Waals surface area contributed by atoms with Gasteiger partial charge in [0.1, 0.15) is 0 Å². The molecule has 2 heterocycles. The summed E-state index contributed by atoms with van der Waals surface area (Å²) in [4.78, 5) is 5.07. The van der Waals surface area contributed by atoms with Gasteiger partial charge in [0.15, 0.2) is 0 Å². The Kier molecular flexibility index (Phi) is 4.14. The van der Waals surface area contributed by atoms with E-state index in [2.05, 4.69) is 39.1 Å². The van der Waals surface area contributed by atoms with Crippen molar-refractivity contribution >= 4 is 0 Å². The molecule has 1 N–H and O–H groups in total. The Labute approximate surface area is 115 Å². The summed E-state index contributed by atoms with van der Waals surface area (Å²) in [5.74, 6) is 6.52. The fourth-order valence-corrected chi connectivity index (χ4v) is 2.59. The van der Waals surface area contributed by atoms with Crippen molar-refractivity contribution in [1.82, 2.24) is 15.1 Å². The zero-order valence-electron chi connectivity index (χ0n) is 11.3. The Morgan fingerprint density at radius 1 is 1.05 bits per heavy atom. The van der Waals surface area contributed by atoms with Crippen molar-refractivity contribution in [2.24, 2.45) is 0 Å². The molecule has 100 valence electrons. The second kappa shape index (κ2) is 6.21. The molecule has 3 nitrogen and oxygen atoms in total. The van der Waals surface area contributed by atoms with Gasteiger partial charge in [-0.25, -0.2) is 0 Å². The van der Waals surface area contributed by atoms with Crippen LogP contribution in [0.2, 0.25) is 0 Å². The lowest BCUT2D eigenvalue weighted by atomic mass is 10.1. The van der Waals surface area contributed by atoms with Gasteiger partial charge in [-0.2, -0.15) is 0 Å². The van der Waals surface area contributed by atoms with Gasteiger partial charge in [-0.15, -0.1) is 0 Å². The third kappa shape index (κ3) is 3.36. The number of piperazine rings is 1. The highest BCUT2D eigenvalue weighted by molar-refractivity contribution is 5.33. The second-order valence-electron chi connectivity index (χ2n) is 5.29. The number of rotatable bonds is 2. The number of hydrogen-bond donors (Lipinski definition) is 1. The average Bonchev–Trinajstić information content (AvgIpc) is 2.40. The monoisotopic (exact) mass is 255 g/mol. The molecule has 2 saturated heterocycles. The van der Waals surface area contributed by atoms with Crippen molar-refractivity contribution in [3.63, 3.8) is 0 Å². The molecule has 0 unspecified atom stereocenters. The molecule has 2 aliphatic rings. The molecule has 0 saturated carbocycles. The van der Waals surface area contributed by atoms with Gasteiger partial charge in [0, 0.05) is 50.9 Å². The molecule has 3 heteroatoms. The minimum atomic E-state index is 0.789. The first-order valence-corrected chi connectivity index (χ1v) is 7.13. The van der Waals surface area contributed by atoms with Crippen LogP contribution < -0.4 is 5.32 Å². The summed E-state index contributed by atoms with van der Waals surface area (Å²) in [5.41, 5.74) is 1.11. The Bertz CT molecular complexity index is 448. The predicted molar refractivity (Wildman–Crippen MR) is 78.0 cm³/mol. The summed E-state index contributed by atoms with van der Waals surface area (Å²) >= 11 is 0. The van der Waals surface area contributed by atoms with Gasteiger partial charge in [0.2, 0.25) is 0 Å². The Morgan fingerprint density at radius 2 is 1.79 bits per heavy atom. The molecule has 0 amide bonds. The third-order valence-electron chi connectivity index (χ3n) is 3.99. The Hall–Kier alpha value is -1.34. The molecular formula is C16H21N3. The van der Waals surface area contributed by atoms with Gasteiger partial charge in [-0.05, 0) is 12.1 Å². The maximum Gasteiger partial charge on any atom is 0.0606 e. The van der Waals surface area contributed by atoms with Crippen LogP contribution in [0.25, 0.3) is 0 Å². The lowest BCUT2D eigenvalue weighted by molar-refractivity contribution is 0.0791. The molecule has 3 rings (SSSR count). The quantitative estimate of drug-likeness (QED) is 0.782. The summed E-state index contributed by atoms with van der Waals surface area (Å²) in [6.07, 6.45) is 0. The third-order valence-corrected chi connectivity index (χ3v) is 3.99. The maximum absolute atomic E-state index is 3.34. The van der Waals surface area contributed by atoms with Crippen molar-refractivity contribution in [2.45, 2.75) is 6.04 Å². The van der Waals surface area contributed by atoms with Gasteiger partial charge in [-0.1, -0.05) is 30.0 Å². The Morgan fingerprint density at radius 3 is 2.42 bits per heavy atom. The normalized spacial score (nSPS) is 21.5. The number of hydrogen-bond acceptors (Lipinski definition) is 3. The number of nitrogens with zero attached hydrogens (tertiary/aromatic N) is 2. The van der Waals surface area contributed by atoms with E-state index in [0.717, 1.165) is 31.2 Å². The van der Waals surface area contributed by atoms with Crippen LogP contribution in [0.4, 0.5) is 0 Å². The molecular weight excluding hydrogens is 234 g/mol. The molecule has 2 fully saturated rings. The van der Waals surface area contributed by atoms with E-state index < -0.39 is 0 Å². The standard InChI is InChI=1S/C16H21N3/c1-2-5-15(6-3-1)7-4-8-18-9-11-19(12-10-18)16-13-17-14-16/h1-3,5-6,16-17H,8-14H2. The van der Waals surface area contributed by atoms with E-state index in [4.69, 9.17) is 0 Å². The molecule has 0 spiro atoms. The number of benzene rings is 1. The van der Waals surface area contributed by atoms with Crippen LogP contribution in [-0.2, 0) is 0 Å². The zero-order valence-corrected chi connectivity index (χ0v) is 11.3. The molecule has 0 aromatic heterocycles. The summed E-state index contributed by atoms with van der Waals surface area (Å²) in [6.45, 7) is 7.94. The fourth-order valence-electron chi connectivity index (χ4n) is 2.59. The van der Waals surface area contributed by atoms with Gasteiger partial charge in [-0.3, -0.25) is 9.80 Å². The van der Waals surface area contributed by atoms with E-state index in [0.29, 0.717) is 0 Å². The highest BCUT2D eigenvalue weighted by Crippen LogP contribution is 2.09. The van der Waals surface area contributed by atoms with E-state index in [1.807, 2.05) is 18.2 Å². The molecule has 1 aromatic rings. The van der Waals surface area contributed by atoms with Crippen molar-refractivity contribution in [2.75, 3.05) is 45.8 Å². The van der Waals surface area contributed by atoms with Crippen molar-refractivity contribution in [3.05, 3.63) is 35.9 Å². The summed E-state index contributed by atoms with van der Waals surface area (Å²) in [5, 5.41) is 3.34. The molecule has 2 aliphatic heterocycles. The summed E-state index contributed by atoms with van der Waals surface area (Å²) < 4.78 is 0. The van der Waals surface area contributed by atoms with Gasteiger partial charge >= 0.3 is 0 Å². The van der Waals surface area contributed by atoms with Crippen LogP contribution in [0.3, 0.4) is 0 Å². The van der Waals surface area contributed by atoms with E-state index >= 15 is 0 Å². The summed E-state index contributed by atoms with van der Waals surface area (Å²) in [7, 11) is 0. The summed E-state index contributed by atoms with van der Waals surface area (Å²) in [6, 6.07) is 11.0.